The molecule has 38 heavy (non-hydrogen) atoms. The number of hydrogen-bond acceptors (Lipinski definition) is 7. The van der Waals surface area contributed by atoms with Gasteiger partial charge in [0.25, 0.3) is 0 Å². The second-order valence-corrected chi connectivity index (χ2v) is 10.5. The lowest BCUT2D eigenvalue weighted by molar-refractivity contribution is -0.178. The molecule has 0 amide bonds. The van der Waals surface area contributed by atoms with Crippen molar-refractivity contribution in [2.24, 2.45) is 0 Å². The van der Waals surface area contributed by atoms with Crippen molar-refractivity contribution in [1.82, 2.24) is 0 Å². The quantitative estimate of drug-likeness (QED) is 0.0677. The van der Waals surface area contributed by atoms with Crippen LogP contribution in [0.5, 0.6) is 0 Å². The largest absolute Gasteiger partial charge is 0.481 e. The molecule has 222 valence electrons. The number of aliphatic hydroxyl groups is 1. The Morgan fingerprint density at radius 1 is 0.579 bits per heavy atom. The molecular formula is C30H54O8. The monoisotopic (exact) mass is 542 g/mol. The van der Waals surface area contributed by atoms with E-state index in [0.29, 0.717) is 12.8 Å². The fourth-order valence-corrected chi connectivity index (χ4v) is 4.38. The van der Waals surface area contributed by atoms with Gasteiger partial charge >= 0.3 is 23.9 Å². The molecule has 0 aliphatic heterocycles. The van der Waals surface area contributed by atoms with E-state index in [-0.39, 0.29) is 13.0 Å². The number of carboxylic acids is 1. The van der Waals surface area contributed by atoms with Crippen molar-refractivity contribution in [2.75, 3.05) is 6.61 Å². The molecule has 0 saturated heterocycles. The lowest BCUT2D eigenvalue weighted by Gasteiger charge is -2.23. The van der Waals surface area contributed by atoms with Crippen LogP contribution in [0.1, 0.15) is 155 Å². The highest BCUT2D eigenvalue weighted by molar-refractivity contribution is 5.92. The number of esters is 3. The second kappa shape index (κ2) is 24.1. The van der Waals surface area contributed by atoms with Crippen LogP contribution in [0, 0.1) is 0 Å². The first-order valence-corrected chi connectivity index (χ1v) is 15.1. The predicted molar refractivity (Wildman–Crippen MR) is 148 cm³/mol. The van der Waals surface area contributed by atoms with Crippen molar-refractivity contribution >= 4 is 23.9 Å². The summed E-state index contributed by atoms with van der Waals surface area (Å²) in [6, 6.07) is 0. The molecule has 0 aromatic heterocycles. The number of rotatable bonds is 26. The van der Waals surface area contributed by atoms with E-state index in [4.69, 9.17) is 9.84 Å². The second-order valence-electron chi connectivity index (χ2n) is 10.5. The Hall–Kier alpha value is -1.96. The summed E-state index contributed by atoms with van der Waals surface area (Å²) in [5, 5.41) is 19.7. The Morgan fingerprint density at radius 2 is 1.00 bits per heavy atom. The maximum absolute atomic E-state index is 12.4. The van der Waals surface area contributed by atoms with Crippen molar-refractivity contribution in [3.63, 3.8) is 0 Å². The van der Waals surface area contributed by atoms with Crippen molar-refractivity contribution < 1.29 is 38.9 Å². The average Bonchev–Trinajstić information content (AvgIpc) is 2.85. The third-order valence-electron chi connectivity index (χ3n) is 6.70. The maximum atomic E-state index is 12.4. The van der Waals surface area contributed by atoms with E-state index in [1.54, 1.807) is 0 Å². The third-order valence-corrected chi connectivity index (χ3v) is 6.70. The molecule has 1 atom stereocenters. The van der Waals surface area contributed by atoms with Gasteiger partial charge in [0, 0.05) is 6.42 Å². The Balaban J connectivity index is 4.09. The molecule has 0 aliphatic rings. The molecule has 0 heterocycles. The fraction of sp³-hybridized carbons (Fsp3) is 0.867. The first kappa shape index (κ1) is 36.0. The van der Waals surface area contributed by atoms with E-state index in [1.807, 2.05) is 0 Å². The molecule has 0 spiro atoms. The van der Waals surface area contributed by atoms with E-state index in [0.717, 1.165) is 44.9 Å². The number of ether oxygens (including phenoxy) is 2. The molecule has 0 rings (SSSR count). The smallest absolute Gasteiger partial charge is 0.339 e. The van der Waals surface area contributed by atoms with Gasteiger partial charge in [0.2, 0.25) is 0 Å². The maximum Gasteiger partial charge on any atom is 0.339 e. The number of unbranched alkanes of at least 4 members (excludes halogenated alkanes) is 17. The van der Waals surface area contributed by atoms with Crippen LogP contribution >= 0.6 is 0 Å². The van der Waals surface area contributed by atoms with Gasteiger partial charge in [-0.25, -0.2) is 4.79 Å². The van der Waals surface area contributed by atoms with E-state index < -0.39 is 42.3 Å². The first-order chi connectivity index (χ1) is 18.2. The highest BCUT2D eigenvalue weighted by Gasteiger charge is 2.43. The van der Waals surface area contributed by atoms with E-state index in [1.165, 1.54) is 64.2 Å². The summed E-state index contributed by atoms with van der Waals surface area (Å²) in [5.74, 6) is -4.53. The highest BCUT2D eigenvalue weighted by atomic mass is 16.6. The zero-order chi connectivity index (χ0) is 28.5. The number of aliphatic carboxylic acids is 1. The lowest BCUT2D eigenvalue weighted by atomic mass is 9.95. The first-order valence-electron chi connectivity index (χ1n) is 15.1. The Bertz CT molecular complexity index is 648. The van der Waals surface area contributed by atoms with Crippen molar-refractivity contribution in [3.05, 3.63) is 0 Å². The van der Waals surface area contributed by atoms with Gasteiger partial charge in [-0.2, -0.15) is 0 Å². The minimum atomic E-state index is -2.57. The van der Waals surface area contributed by atoms with Gasteiger partial charge in [-0.15, -0.1) is 0 Å². The van der Waals surface area contributed by atoms with Crippen LogP contribution in [-0.2, 0) is 28.7 Å². The summed E-state index contributed by atoms with van der Waals surface area (Å²) in [6.45, 7) is 4.35. The van der Waals surface area contributed by atoms with Crippen LogP contribution in [0.2, 0.25) is 0 Å². The van der Waals surface area contributed by atoms with Crippen molar-refractivity contribution in [1.29, 1.82) is 0 Å². The van der Waals surface area contributed by atoms with E-state index in [2.05, 4.69) is 18.6 Å². The predicted octanol–water partition coefficient (Wildman–Crippen LogP) is 7.04. The summed E-state index contributed by atoms with van der Waals surface area (Å²) >= 11 is 0. The van der Waals surface area contributed by atoms with Crippen LogP contribution < -0.4 is 0 Å². The summed E-state index contributed by atoms with van der Waals surface area (Å²) in [7, 11) is 0. The van der Waals surface area contributed by atoms with Crippen LogP contribution in [0.4, 0.5) is 0 Å². The van der Waals surface area contributed by atoms with Gasteiger partial charge in [-0.1, -0.05) is 123 Å². The van der Waals surface area contributed by atoms with Crippen LogP contribution in [0.25, 0.3) is 0 Å². The molecule has 2 N–H and O–H groups in total. The zero-order valence-corrected chi connectivity index (χ0v) is 24.1. The standard InChI is InChI=1S/C30H54O8/c1-3-5-7-9-10-11-12-13-14-15-16-17-19-21-23-37-29(35)30(36,24-26(31)32)25-28(34)38-27(33)22-20-18-8-6-4-2/h36H,3-25H2,1-2H3,(H,31,32). The number of carbonyl (C=O) groups excluding carboxylic acids is 3. The van der Waals surface area contributed by atoms with E-state index in [9.17, 15) is 24.3 Å². The van der Waals surface area contributed by atoms with E-state index >= 15 is 0 Å². The summed E-state index contributed by atoms with van der Waals surface area (Å²) in [5.41, 5.74) is -2.57. The molecule has 0 radical (unpaired) electrons. The van der Waals surface area contributed by atoms with Gasteiger partial charge in [-0.3, -0.25) is 14.4 Å². The van der Waals surface area contributed by atoms with Gasteiger partial charge in [-0.05, 0) is 12.8 Å². The van der Waals surface area contributed by atoms with Crippen LogP contribution in [0.15, 0.2) is 0 Å². The molecule has 0 aromatic carbocycles. The molecule has 1 unspecified atom stereocenters. The number of hydrogen-bond donors (Lipinski definition) is 2. The summed E-state index contributed by atoms with van der Waals surface area (Å²) in [6.07, 6.45) is 19.3. The van der Waals surface area contributed by atoms with Gasteiger partial charge in [0.15, 0.2) is 5.60 Å². The average molecular weight is 543 g/mol. The minimum Gasteiger partial charge on any atom is -0.481 e. The Labute approximate surface area is 230 Å². The Morgan fingerprint density at radius 3 is 1.45 bits per heavy atom. The molecule has 0 aromatic rings. The van der Waals surface area contributed by atoms with Crippen LogP contribution in [-0.4, -0.2) is 46.3 Å². The highest BCUT2D eigenvalue weighted by Crippen LogP contribution is 2.20. The molecule has 0 bridgehead atoms. The molecule has 8 nitrogen and oxygen atoms in total. The normalized spacial score (nSPS) is 12.6. The SMILES string of the molecule is CCCCCCCCCCCCCCCCOC(=O)C(O)(CC(=O)O)CC(=O)OC(=O)CCCCCCC. The number of carbonyl (C=O) groups is 4. The van der Waals surface area contributed by atoms with Crippen LogP contribution in [0.3, 0.4) is 0 Å². The molecule has 0 saturated carbocycles. The van der Waals surface area contributed by atoms with Crippen molar-refractivity contribution in [2.45, 2.75) is 161 Å². The fourth-order valence-electron chi connectivity index (χ4n) is 4.38. The summed E-state index contributed by atoms with van der Waals surface area (Å²) < 4.78 is 9.76. The molecule has 0 aliphatic carbocycles. The van der Waals surface area contributed by atoms with Gasteiger partial charge < -0.3 is 19.7 Å². The molecular weight excluding hydrogens is 488 g/mol. The lowest BCUT2D eigenvalue weighted by Crippen LogP contribution is -2.44. The molecule has 8 heteroatoms. The summed E-state index contributed by atoms with van der Waals surface area (Å²) in [4.78, 5) is 47.5. The molecule has 0 fully saturated rings. The Kier molecular flexibility index (Phi) is 22.9. The van der Waals surface area contributed by atoms with Gasteiger partial charge in [0.05, 0.1) is 19.4 Å². The third kappa shape index (κ3) is 21.0. The van der Waals surface area contributed by atoms with Gasteiger partial charge in [0.1, 0.15) is 0 Å². The zero-order valence-electron chi connectivity index (χ0n) is 24.1. The minimum absolute atomic E-state index is 0.0323. The van der Waals surface area contributed by atoms with Crippen molar-refractivity contribution in [3.8, 4) is 0 Å². The number of carboxylic acid groups (broad SMARTS) is 1. The topological polar surface area (TPSA) is 127 Å².